The third-order valence-corrected chi connectivity index (χ3v) is 4.12. The summed E-state index contributed by atoms with van der Waals surface area (Å²) in [5, 5.41) is 12.6. The highest BCUT2D eigenvalue weighted by atomic mass is 16.5. The molecule has 2 rings (SSSR count). The minimum Gasteiger partial charge on any atom is -0.495 e. The number of carboxylic acids is 1. The summed E-state index contributed by atoms with van der Waals surface area (Å²) >= 11 is 0. The Morgan fingerprint density at radius 2 is 2.10 bits per heavy atom. The van der Waals surface area contributed by atoms with Crippen LogP contribution in [0, 0.1) is 11.3 Å². The molecule has 0 spiro atoms. The van der Waals surface area contributed by atoms with E-state index >= 15 is 0 Å². The van der Waals surface area contributed by atoms with E-state index in [2.05, 4.69) is 26.1 Å². The fraction of sp³-hybridized carbons (Fsp3) is 0.562. The van der Waals surface area contributed by atoms with Gasteiger partial charge in [0.15, 0.2) is 0 Å². The third-order valence-electron chi connectivity index (χ3n) is 4.12. The lowest BCUT2D eigenvalue weighted by atomic mass is 9.91. The Morgan fingerprint density at radius 1 is 1.40 bits per heavy atom. The maximum absolute atomic E-state index is 11.1. The number of hydrogen-bond acceptors (Lipinski definition) is 3. The molecule has 4 heteroatoms. The molecule has 0 amide bonds. The molecule has 2 N–H and O–H groups in total. The van der Waals surface area contributed by atoms with Crippen LogP contribution in [0.15, 0.2) is 18.2 Å². The van der Waals surface area contributed by atoms with Gasteiger partial charge in [0, 0.05) is 6.04 Å². The van der Waals surface area contributed by atoms with E-state index in [1.807, 2.05) is 0 Å². The van der Waals surface area contributed by atoms with E-state index in [0.29, 0.717) is 23.1 Å². The number of hydrogen-bond donors (Lipinski definition) is 2. The van der Waals surface area contributed by atoms with Crippen LogP contribution in [0.3, 0.4) is 0 Å². The first-order valence-electron chi connectivity index (χ1n) is 7.00. The van der Waals surface area contributed by atoms with Crippen LogP contribution in [0.5, 0.6) is 5.75 Å². The Balaban J connectivity index is 2.24. The van der Waals surface area contributed by atoms with Crippen LogP contribution in [-0.4, -0.2) is 24.2 Å². The summed E-state index contributed by atoms with van der Waals surface area (Å²) in [6.45, 7) is 6.78. The van der Waals surface area contributed by atoms with Crippen molar-refractivity contribution in [2.24, 2.45) is 11.3 Å². The summed E-state index contributed by atoms with van der Waals surface area (Å²) in [5.41, 5.74) is 1.37. The zero-order valence-corrected chi connectivity index (χ0v) is 12.6. The third kappa shape index (κ3) is 3.06. The Morgan fingerprint density at radius 3 is 2.60 bits per heavy atom. The highest BCUT2D eigenvalue weighted by molar-refractivity contribution is 5.89. The zero-order chi connectivity index (χ0) is 14.9. The molecule has 4 nitrogen and oxygen atoms in total. The van der Waals surface area contributed by atoms with Crippen molar-refractivity contribution in [1.82, 2.24) is 0 Å². The number of aromatic carboxylic acids is 1. The van der Waals surface area contributed by atoms with Crippen molar-refractivity contribution in [3.8, 4) is 5.75 Å². The van der Waals surface area contributed by atoms with Crippen molar-refractivity contribution in [1.29, 1.82) is 0 Å². The summed E-state index contributed by atoms with van der Waals surface area (Å²) in [5.74, 6) is 0.325. The predicted molar refractivity (Wildman–Crippen MR) is 79.5 cm³/mol. The van der Waals surface area contributed by atoms with Crippen LogP contribution in [-0.2, 0) is 0 Å². The highest BCUT2D eigenvalue weighted by Crippen LogP contribution is 2.43. The fourth-order valence-electron chi connectivity index (χ4n) is 3.24. The van der Waals surface area contributed by atoms with E-state index in [9.17, 15) is 4.79 Å². The lowest BCUT2D eigenvalue weighted by Gasteiger charge is -2.21. The quantitative estimate of drug-likeness (QED) is 0.882. The van der Waals surface area contributed by atoms with Gasteiger partial charge in [0.2, 0.25) is 0 Å². The molecular weight excluding hydrogens is 254 g/mol. The summed E-state index contributed by atoms with van der Waals surface area (Å²) < 4.78 is 5.32. The fourth-order valence-corrected chi connectivity index (χ4v) is 3.24. The second kappa shape index (κ2) is 5.35. The zero-order valence-electron chi connectivity index (χ0n) is 12.6. The largest absolute Gasteiger partial charge is 0.495 e. The number of methoxy groups -OCH3 is 1. The minimum absolute atomic E-state index is 0.276. The SMILES string of the molecule is COc1ccc(C(=O)O)cc1NC1CC(C)(C)CC1C. The summed E-state index contributed by atoms with van der Waals surface area (Å²) in [6.07, 6.45) is 2.25. The van der Waals surface area contributed by atoms with Gasteiger partial charge in [-0.3, -0.25) is 0 Å². The van der Waals surface area contributed by atoms with Gasteiger partial charge in [-0.2, -0.15) is 0 Å². The maximum atomic E-state index is 11.1. The number of benzene rings is 1. The molecule has 20 heavy (non-hydrogen) atoms. The first-order valence-corrected chi connectivity index (χ1v) is 7.00. The van der Waals surface area contributed by atoms with Crippen molar-refractivity contribution < 1.29 is 14.6 Å². The van der Waals surface area contributed by atoms with Gasteiger partial charge in [0.05, 0.1) is 18.4 Å². The number of rotatable bonds is 4. The molecule has 110 valence electrons. The maximum Gasteiger partial charge on any atom is 0.335 e. The van der Waals surface area contributed by atoms with E-state index in [1.165, 1.54) is 6.42 Å². The number of ether oxygens (including phenoxy) is 1. The Labute approximate surface area is 120 Å². The summed E-state index contributed by atoms with van der Waals surface area (Å²) in [7, 11) is 1.60. The Hall–Kier alpha value is -1.71. The van der Waals surface area contributed by atoms with E-state index in [-0.39, 0.29) is 5.56 Å². The van der Waals surface area contributed by atoms with Gasteiger partial charge in [-0.25, -0.2) is 4.79 Å². The molecule has 1 aliphatic carbocycles. The van der Waals surface area contributed by atoms with Crippen LogP contribution in [0.25, 0.3) is 0 Å². The lowest BCUT2D eigenvalue weighted by molar-refractivity contribution is 0.0697. The smallest absolute Gasteiger partial charge is 0.335 e. The standard InChI is InChI=1S/C16H23NO3/c1-10-8-16(2,3)9-13(10)17-12-7-11(15(18)19)5-6-14(12)20-4/h5-7,10,13,17H,8-9H2,1-4H3,(H,18,19). The van der Waals surface area contributed by atoms with Crippen LogP contribution in [0.4, 0.5) is 5.69 Å². The van der Waals surface area contributed by atoms with E-state index in [0.717, 1.165) is 12.1 Å². The van der Waals surface area contributed by atoms with E-state index in [1.54, 1.807) is 25.3 Å². The van der Waals surface area contributed by atoms with Gasteiger partial charge in [-0.15, -0.1) is 0 Å². The lowest BCUT2D eigenvalue weighted by Crippen LogP contribution is -2.23. The van der Waals surface area contributed by atoms with Crippen LogP contribution in [0.2, 0.25) is 0 Å². The summed E-state index contributed by atoms with van der Waals surface area (Å²) in [4.78, 5) is 11.1. The van der Waals surface area contributed by atoms with Crippen molar-refractivity contribution in [2.45, 2.75) is 39.7 Å². The first kappa shape index (κ1) is 14.7. The number of carboxylic acid groups (broad SMARTS) is 1. The molecule has 0 bridgehead atoms. The van der Waals surface area contributed by atoms with Gasteiger partial charge in [-0.05, 0) is 42.4 Å². The van der Waals surface area contributed by atoms with Gasteiger partial charge < -0.3 is 15.2 Å². The molecule has 0 saturated heterocycles. The van der Waals surface area contributed by atoms with Gasteiger partial charge in [-0.1, -0.05) is 20.8 Å². The average Bonchev–Trinajstić information content (AvgIpc) is 2.62. The molecule has 0 aliphatic heterocycles. The molecule has 1 fully saturated rings. The van der Waals surface area contributed by atoms with Crippen molar-refractivity contribution in [3.63, 3.8) is 0 Å². The second-order valence-corrected chi connectivity index (χ2v) is 6.52. The molecule has 0 radical (unpaired) electrons. The number of nitrogens with one attached hydrogen (secondary N) is 1. The second-order valence-electron chi connectivity index (χ2n) is 6.52. The Bertz CT molecular complexity index is 510. The van der Waals surface area contributed by atoms with Crippen LogP contribution < -0.4 is 10.1 Å². The van der Waals surface area contributed by atoms with Crippen molar-refractivity contribution >= 4 is 11.7 Å². The molecule has 0 aromatic heterocycles. The monoisotopic (exact) mass is 277 g/mol. The summed E-state index contributed by atoms with van der Waals surface area (Å²) in [6, 6.07) is 5.27. The normalized spacial score (nSPS) is 24.4. The van der Waals surface area contributed by atoms with E-state index < -0.39 is 5.97 Å². The molecule has 1 saturated carbocycles. The number of anilines is 1. The predicted octanol–water partition coefficient (Wildman–Crippen LogP) is 3.63. The van der Waals surface area contributed by atoms with Gasteiger partial charge in [0.1, 0.15) is 5.75 Å². The average molecular weight is 277 g/mol. The molecule has 1 aromatic rings. The molecule has 0 heterocycles. The van der Waals surface area contributed by atoms with Gasteiger partial charge >= 0.3 is 5.97 Å². The van der Waals surface area contributed by atoms with Gasteiger partial charge in [0.25, 0.3) is 0 Å². The first-order chi connectivity index (χ1) is 9.32. The van der Waals surface area contributed by atoms with Crippen molar-refractivity contribution in [2.75, 3.05) is 12.4 Å². The van der Waals surface area contributed by atoms with Crippen LogP contribution in [0.1, 0.15) is 44.0 Å². The molecule has 1 aliphatic rings. The van der Waals surface area contributed by atoms with Crippen LogP contribution >= 0.6 is 0 Å². The number of carbonyl (C=O) groups is 1. The van der Waals surface area contributed by atoms with E-state index in [4.69, 9.17) is 9.84 Å². The molecule has 1 aromatic carbocycles. The topological polar surface area (TPSA) is 58.6 Å². The molecule has 2 unspecified atom stereocenters. The molecule has 2 atom stereocenters. The molecular formula is C16H23NO3. The highest BCUT2D eigenvalue weighted by Gasteiger charge is 2.36. The van der Waals surface area contributed by atoms with Crippen molar-refractivity contribution in [3.05, 3.63) is 23.8 Å². The minimum atomic E-state index is -0.921. The Kier molecular flexibility index (Phi) is 3.93.